The van der Waals surface area contributed by atoms with Crippen LogP contribution in [-0.2, 0) is 0 Å². The maximum atomic E-state index is 8.96. The summed E-state index contributed by atoms with van der Waals surface area (Å²) >= 11 is 0. The molecule has 0 spiro atoms. The van der Waals surface area contributed by atoms with Crippen molar-refractivity contribution >= 4 is 24.4 Å². The fraction of sp³-hybridized carbons (Fsp3) is 1.00. The second-order valence-corrected chi connectivity index (χ2v) is 2.48. The van der Waals surface area contributed by atoms with Gasteiger partial charge in [-0.05, 0) is 0 Å². The van der Waals surface area contributed by atoms with Crippen molar-refractivity contribution in [1.29, 1.82) is 0 Å². The van der Waals surface area contributed by atoms with Crippen LogP contribution in [0.5, 0.6) is 0 Å². The van der Waals surface area contributed by atoms with E-state index in [4.69, 9.17) is 30.6 Å². The van der Waals surface area contributed by atoms with Crippen LogP contribution in [0.1, 0.15) is 0 Å². The summed E-state index contributed by atoms with van der Waals surface area (Å²) in [4.78, 5) is 0. The normalized spacial score (nSPS) is 16.1. The molecule has 0 saturated heterocycles. The summed E-state index contributed by atoms with van der Waals surface area (Å²) in [6.45, 7) is -1.45. The zero-order valence-corrected chi connectivity index (χ0v) is 10.9. The first-order valence-electron chi connectivity index (χ1n) is 3.48. The van der Waals surface area contributed by atoms with Crippen LogP contribution < -0.4 is 0 Å². The first kappa shape index (κ1) is 30.0. The molecule has 0 aliphatic rings. The van der Waals surface area contributed by atoms with Crippen LogP contribution in [0, 0.1) is 0 Å². The van der Waals surface area contributed by atoms with E-state index in [9.17, 15) is 0 Å². The molecule has 0 aliphatic carbocycles. The molecule has 4 unspecified atom stereocenters. The van der Waals surface area contributed by atoms with E-state index in [2.05, 4.69) is 0 Å². The Morgan fingerprint density at radius 1 is 0.625 bits per heavy atom. The first-order chi connectivity index (χ1) is 5.54. The summed E-state index contributed by atoms with van der Waals surface area (Å²) in [7, 11) is 0. The van der Waals surface area contributed by atoms with E-state index in [-0.39, 0.29) is 40.9 Å². The maximum absolute atomic E-state index is 8.96. The Kier molecular flexibility index (Phi) is 28.9. The van der Waals surface area contributed by atoms with Gasteiger partial charge in [0.15, 0.2) is 0 Å². The van der Waals surface area contributed by atoms with Gasteiger partial charge in [-0.15, -0.1) is 0 Å². The summed E-state index contributed by atoms with van der Waals surface area (Å²) in [5.74, 6) is 0. The van der Waals surface area contributed by atoms with Crippen LogP contribution in [-0.4, -0.2) is 109 Å². The van der Waals surface area contributed by atoms with Crippen LogP contribution in [0.15, 0.2) is 0 Å². The van der Waals surface area contributed by atoms with Gasteiger partial charge in [-0.25, -0.2) is 0 Å². The average Bonchev–Trinajstić information content (AvgIpc) is 2.12. The van der Waals surface area contributed by atoms with E-state index in [1.54, 1.807) is 0 Å². The predicted octanol–water partition coefficient (Wildman–Crippen LogP) is -6.44. The summed E-state index contributed by atoms with van der Waals surface area (Å²) in [5.41, 5.74) is 0. The van der Waals surface area contributed by atoms with Crippen molar-refractivity contribution in [2.45, 2.75) is 24.4 Å². The van der Waals surface area contributed by atoms with E-state index in [1.165, 1.54) is 0 Å². The SMILES string of the molecule is O.O.O.OCC(O)C(O)C(O)C(O)CO.[Sb]. The molecule has 0 heterocycles. The van der Waals surface area contributed by atoms with E-state index < -0.39 is 37.6 Å². The second kappa shape index (κ2) is 15.5. The van der Waals surface area contributed by atoms with Crippen molar-refractivity contribution in [2.75, 3.05) is 13.2 Å². The topological polar surface area (TPSA) is 216 Å². The molecule has 10 heteroatoms. The van der Waals surface area contributed by atoms with E-state index >= 15 is 0 Å². The van der Waals surface area contributed by atoms with Crippen molar-refractivity contribution in [3.8, 4) is 0 Å². The molecule has 9 nitrogen and oxygen atoms in total. The minimum Gasteiger partial charge on any atom is -0.412 e. The van der Waals surface area contributed by atoms with Crippen LogP contribution in [0.25, 0.3) is 0 Å². The fourth-order valence-corrected chi connectivity index (χ4v) is 0.671. The Bertz CT molecular complexity index is 113. The van der Waals surface area contributed by atoms with Crippen molar-refractivity contribution in [3.63, 3.8) is 0 Å². The number of aliphatic hydroxyl groups excluding tert-OH is 6. The van der Waals surface area contributed by atoms with Crippen molar-refractivity contribution < 1.29 is 47.1 Å². The molecule has 0 rings (SSSR count). The van der Waals surface area contributed by atoms with Crippen LogP contribution in [0.2, 0.25) is 0 Å². The average molecular weight is 358 g/mol. The Labute approximate surface area is 109 Å². The third kappa shape index (κ3) is 9.67. The molecule has 3 radical (unpaired) electrons. The van der Waals surface area contributed by atoms with Crippen LogP contribution >= 0.6 is 0 Å². The third-order valence-electron chi connectivity index (χ3n) is 1.51. The minimum absolute atomic E-state index is 0. The molecule has 4 atom stereocenters. The summed E-state index contributed by atoms with van der Waals surface area (Å²) in [5, 5.41) is 52.2. The van der Waals surface area contributed by atoms with Gasteiger partial charge in [-0.2, -0.15) is 0 Å². The quantitative estimate of drug-likeness (QED) is 0.262. The molecule has 103 valence electrons. The van der Waals surface area contributed by atoms with Crippen molar-refractivity contribution in [1.82, 2.24) is 0 Å². The monoisotopic (exact) mass is 357 g/mol. The molecule has 0 aromatic rings. The Morgan fingerprint density at radius 2 is 0.812 bits per heavy atom. The molecule has 0 fully saturated rings. The number of aliphatic hydroxyl groups is 6. The third-order valence-corrected chi connectivity index (χ3v) is 1.51. The van der Waals surface area contributed by atoms with Gasteiger partial charge in [0.2, 0.25) is 0 Å². The zero-order valence-electron chi connectivity index (χ0n) is 8.35. The molecule has 16 heavy (non-hydrogen) atoms. The standard InChI is InChI=1S/C6H14O6.3H2O.Sb/c7-1-3(9)5(11)6(12)4(10)2-8;;;;/h3-12H,1-2H2;3*1H2;. The molecular formula is C6H20O9Sb. The number of rotatable bonds is 5. The number of hydrogen-bond acceptors (Lipinski definition) is 6. The van der Waals surface area contributed by atoms with Gasteiger partial charge in [0, 0.05) is 24.4 Å². The largest absolute Gasteiger partial charge is 0.412 e. The smallest absolute Gasteiger partial charge is 0.111 e. The fourth-order valence-electron chi connectivity index (χ4n) is 0.671. The molecule has 0 amide bonds. The molecule has 0 aliphatic heterocycles. The van der Waals surface area contributed by atoms with Crippen molar-refractivity contribution in [2.24, 2.45) is 0 Å². The Balaban J connectivity index is -0.000000101. The van der Waals surface area contributed by atoms with Gasteiger partial charge in [-0.3, -0.25) is 0 Å². The molecule has 12 N–H and O–H groups in total. The maximum Gasteiger partial charge on any atom is 0.111 e. The van der Waals surface area contributed by atoms with Crippen LogP contribution in [0.4, 0.5) is 0 Å². The molecule has 0 bridgehead atoms. The summed E-state index contributed by atoms with van der Waals surface area (Å²) in [6, 6.07) is 0. The molecule has 0 aromatic heterocycles. The van der Waals surface area contributed by atoms with Gasteiger partial charge in [-0.1, -0.05) is 0 Å². The first-order valence-corrected chi connectivity index (χ1v) is 3.48. The Morgan fingerprint density at radius 3 is 0.938 bits per heavy atom. The summed E-state index contributed by atoms with van der Waals surface area (Å²) < 4.78 is 0. The van der Waals surface area contributed by atoms with Gasteiger partial charge in [0.25, 0.3) is 0 Å². The molecule has 0 saturated carbocycles. The van der Waals surface area contributed by atoms with E-state index in [0.717, 1.165) is 0 Å². The van der Waals surface area contributed by atoms with Gasteiger partial charge < -0.3 is 47.1 Å². The second-order valence-electron chi connectivity index (χ2n) is 2.48. The van der Waals surface area contributed by atoms with E-state index in [1.807, 2.05) is 0 Å². The number of hydrogen-bond donors (Lipinski definition) is 6. The zero-order chi connectivity index (χ0) is 9.72. The Hall–Kier alpha value is 0.458. The van der Waals surface area contributed by atoms with Gasteiger partial charge in [0.1, 0.15) is 24.4 Å². The minimum atomic E-state index is -1.67. The summed E-state index contributed by atoms with van der Waals surface area (Å²) in [6.07, 6.45) is -6.39. The predicted molar refractivity (Wildman–Crippen MR) is 54.8 cm³/mol. The molecule has 0 aromatic carbocycles. The van der Waals surface area contributed by atoms with Crippen LogP contribution in [0.3, 0.4) is 0 Å². The van der Waals surface area contributed by atoms with Gasteiger partial charge in [0.05, 0.1) is 13.2 Å². The van der Waals surface area contributed by atoms with Crippen molar-refractivity contribution in [3.05, 3.63) is 0 Å². The molecular weight excluding hydrogens is 338 g/mol. The van der Waals surface area contributed by atoms with Gasteiger partial charge >= 0.3 is 0 Å². The van der Waals surface area contributed by atoms with E-state index in [0.29, 0.717) is 0 Å².